The Balaban J connectivity index is 1.67. The number of rotatable bonds is 4. The van der Waals surface area contributed by atoms with Gasteiger partial charge in [0.05, 0.1) is 17.7 Å². The van der Waals surface area contributed by atoms with Gasteiger partial charge in [0, 0.05) is 29.3 Å². The van der Waals surface area contributed by atoms with Crippen LogP contribution in [0, 0.1) is 26.6 Å². The second-order valence-corrected chi connectivity index (χ2v) is 6.49. The van der Waals surface area contributed by atoms with Crippen LogP contribution < -0.4 is 5.32 Å². The molecule has 136 valence electrons. The predicted octanol–water partition coefficient (Wildman–Crippen LogP) is 5.34. The van der Waals surface area contributed by atoms with Gasteiger partial charge in [-0.1, -0.05) is 17.3 Å². The summed E-state index contributed by atoms with van der Waals surface area (Å²) in [4.78, 5) is 3.96. The zero-order valence-electron chi connectivity index (χ0n) is 15.3. The normalized spacial score (nSPS) is 11.0. The van der Waals surface area contributed by atoms with Crippen molar-refractivity contribution in [2.45, 2.75) is 20.8 Å². The van der Waals surface area contributed by atoms with Crippen molar-refractivity contribution in [2.24, 2.45) is 0 Å². The number of aromatic nitrogens is 3. The van der Waals surface area contributed by atoms with Crippen molar-refractivity contribution in [3.63, 3.8) is 0 Å². The maximum Gasteiger partial charge on any atom is 0.149 e. The minimum absolute atomic E-state index is 0.322. The molecule has 5 nitrogen and oxygen atoms in total. The topological polar surface area (TPSA) is 55.9 Å². The van der Waals surface area contributed by atoms with Gasteiger partial charge in [-0.05, 0) is 56.2 Å². The van der Waals surface area contributed by atoms with Gasteiger partial charge < -0.3 is 14.4 Å². The highest BCUT2D eigenvalue weighted by Crippen LogP contribution is 2.32. The summed E-state index contributed by atoms with van der Waals surface area (Å²) in [5.74, 6) is 0.454. The molecule has 2 aromatic heterocycles. The fraction of sp³-hybridized carbons (Fsp3) is 0.143. The Morgan fingerprint density at radius 2 is 1.93 bits per heavy atom. The van der Waals surface area contributed by atoms with Gasteiger partial charge in [-0.15, -0.1) is 0 Å². The van der Waals surface area contributed by atoms with Crippen molar-refractivity contribution in [1.82, 2.24) is 14.7 Å². The summed E-state index contributed by atoms with van der Waals surface area (Å²) >= 11 is 0. The van der Waals surface area contributed by atoms with Crippen LogP contribution in [0.3, 0.4) is 0 Å². The minimum Gasteiger partial charge on any atom is -0.361 e. The molecule has 0 amide bonds. The summed E-state index contributed by atoms with van der Waals surface area (Å²) in [6, 6.07) is 11.2. The maximum atomic E-state index is 14.5. The molecule has 0 atom stereocenters. The molecule has 6 heteroatoms. The molecule has 0 saturated heterocycles. The number of hydrogen-bond acceptors (Lipinski definition) is 4. The third-order valence-corrected chi connectivity index (χ3v) is 4.57. The minimum atomic E-state index is -0.322. The van der Waals surface area contributed by atoms with Gasteiger partial charge in [-0.2, -0.15) is 0 Å². The lowest BCUT2D eigenvalue weighted by Crippen LogP contribution is -1.98. The molecule has 1 N–H and O–H groups in total. The van der Waals surface area contributed by atoms with Crippen molar-refractivity contribution < 1.29 is 8.91 Å². The van der Waals surface area contributed by atoms with Crippen LogP contribution in [0.2, 0.25) is 0 Å². The molecule has 27 heavy (non-hydrogen) atoms. The second kappa shape index (κ2) is 6.72. The lowest BCUT2D eigenvalue weighted by atomic mass is 10.0. The molecule has 0 aliphatic heterocycles. The summed E-state index contributed by atoms with van der Waals surface area (Å²) in [6.45, 7) is 5.82. The van der Waals surface area contributed by atoms with Crippen molar-refractivity contribution >= 4 is 11.4 Å². The van der Waals surface area contributed by atoms with E-state index in [0.717, 1.165) is 33.8 Å². The number of nitrogens with zero attached hydrogens (tertiary/aromatic N) is 3. The number of benzene rings is 2. The molecule has 0 spiro atoms. The van der Waals surface area contributed by atoms with Gasteiger partial charge in [0.15, 0.2) is 0 Å². The highest BCUT2D eigenvalue weighted by molar-refractivity contribution is 5.75. The SMILES string of the molecule is Cc1ccc(-c2c(C)noc2C)cc1Nc1ccc(-n2ccnc2)c(F)c1. The quantitative estimate of drug-likeness (QED) is 0.533. The third-order valence-electron chi connectivity index (χ3n) is 4.57. The van der Waals surface area contributed by atoms with Gasteiger partial charge in [0.25, 0.3) is 0 Å². The van der Waals surface area contributed by atoms with E-state index in [2.05, 4.69) is 15.5 Å². The highest BCUT2D eigenvalue weighted by Gasteiger charge is 2.13. The molecule has 0 aliphatic rings. The molecular formula is C21H19FN4O. The highest BCUT2D eigenvalue weighted by atomic mass is 19.1. The number of imidazole rings is 1. The molecule has 0 aliphatic carbocycles. The molecule has 0 fully saturated rings. The largest absolute Gasteiger partial charge is 0.361 e. The van der Waals surface area contributed by atoms with E-state index < -0.39 is 0 Å². The second-order valence-electron chi connectivity index (χ2n) is 6.49. The Labute approximate surface area is 156 Å². The fourth-order valence-electron chi connectivity index (χ4n) is 3.16. The molecular weight excluding hydrogens is 343 g/mol. The van der Waals surface area contributed by atoms with Gasteiger partial charge >= 0.3 is 0 Å². The Kier molecular flexibility index (Phi) is 4.24. The molecule has 0 unspecified atom stereocenters. The van der Waals surface area contributed by atoms with Crippen LogP contribution >= 0.6 is 0 Å². The van der Waals surface area contributed by atoms with Gasteiger partial charge in [0.2, 0.25) is 0 Å². The summed E-state index contributed by atoms with van der Waals surface area (Å²) < 4.78 is 21.4. The Bertz CT molecular complexity index is 1080. The van der Waals surface area contributed by atoms with Crippen molar-refractivity contribution in [1.29, 1.82) is 0 Å². The van der Waals surface area contributed by atoms with E-state index in [-0.39, 0.29) is 5.82 Å². The maximum absolute atomic E-state index is 14.5. The van der Waals surface area contributed by atoms with E-state index in [1.165, 1.54) is 6.07 Å². The fourth-order valence-corrected chi connectivity index (χ4v) is 3.16. The molecule has 0 bridgehead atoms. The zero-order valence-corrected chi connectivity index (χ0v) is 15.3. The predicted molar refractivity (Wildman–Crippen MR) is 103 cm³/mol. The van der Waals surface area contributed by atoms with Crippen LogP contribution in [0.1, 0.15) is 17.0 Å². The number of nitrogens with one attached hydrogen (secondary N) is 1. The van der Waals surface area contributed by atoms with Crippen molar-refractivity contribution in [3.05, 3.63) is 78.0 Å². The van der Waals surface area contributed by atoms with Crippen molar-refractivity contribution in [2.75, 3.05) is 5.32 Å². The van der Waals surface area contributed by atoms with E-state index in [1.54, 1.807) is 29.4 Å². The average Bonchev–Trinajstić information content (AvgIpc) is 3.28. The summed E-state index contributed by atoms with van der Waals surface area (Å²) in [6.07, 6.45) is 4.90. The molecule has 4 rings (SSSR count). The van der Waals surface area contributed by atoms with E-state index >= 15 is 0 Å². The molecule has 2 heterocycles. The van der Waals surface area contributed by atoms with Crippen LogP contribution in [0.4, 0.5) is 15.8 Å². The van der Waals surface area contributed by atoms with E-state index in [9.17, 15) is 4.39 Å². The van der Waals surface area contributed by atoms with Crippen LogP contribution in [0.5, 0.6) is 0 Å². The van der Waals surface area contributed by atoms with E-state index in [4.69, 9.17) is 4.52 Å². The first-order chi connectivity index (χ1) is 13.0. The zero-order chi connectivity index (χ0) is 19.0. The lowest BCUT2D eigenvalue weighted by molar-refractivity contribution is 0.393. The van der Waals surface area contributed by atoms with E-state index in [0.29, 0.717) is 11.4 Å². The number of halogens is 1. The Morgan fingerprint density at radius 1 is 1.07 bits per heavy atom. The van der Waals surface area contributed by atoms with Crippen LogP contribution in [0.15, 0.2) is 59.6 Å². The third kappa shape index (κ3) is 3.21. The summed E-state index contributed by atoms with van der Waals surface area (Å²) in [5, 5.41) is 7.33. The van der Waals surface area contributed by atoms with Crippen LogP contribution in [-0.4, -0.2) is 14.7 Å². The molecule has 2 aromatic carbocycles. The van der Waals surface area contributed by atoms with Gasteiger partial charge in [0.1, 0.15) is 11.6 Å². The number of anilines is 2. The first-order valence-corrected chi connectivity index (χ1v) is 8.62. The Hall–Kier alpha value is -3.41. The monoisotopic (exact) mass is 362 g/mol. The number of aryl methyl sites for hydroxylation is 3. The standard InChI is InChI=1S/C21H19FN4O/c1-13-4-5-16(21-14(2)25-27-15(21)3)10-19(13)24-17-6-7-20(18(22)11-17)26-9-8-23-12-26/h4-12,24H,1-3H3. The smallest absolute Gasteiger partial charge is 0.149 e. The molecule has 0 radical (unpaired) electrons. The van der Waals surface area contributed by atoms with Crippen LogP contribution in [-0.2, 0) is 0 Å². The molecule has 0 saturated carbocycles. The summed E-state index contributed by atoms with van der Waals surface area (Å²) in [7, 11) is 0. The lowest BCUT2D eigenvalue weighted by Gasteiger charge is -2.13. The van der Waals surface area contributed by atoms with E-state index in [1.807, 2.05) is 45.0 Å². The first kappa shape index (κ1) is 17.0. The Morgan fingerprint density at radius 3 is 2.59 bits per heavy atom. The van der Waals surface area contributed by atoms with Gasteiger partial charge in [-0.3, -0.25) is 0 Å². The first-order valence-electron chi connectivity index (χ1n) is 8.62. The molecule has 4 aromatic rings. The van der Waals surface area contributed by atoms with Crippen molar-refractivity contribution in [3.8, 4) is 16.8 Å². The van der Waals surface area contributed by atoms with Crippen LogP contribution in [0.25, 0.3) is 16.8 Å². The van der Waals surface area contributed by atoms with Gasteiger partial charge in [-0.25, -0.2) is 9.37 Å². The number of hydrogen-bond donors (Lipinski definition) is 1. The summed E-state index contributed by atoms with van der Waals surface area (Å²) in [5.41, 5.74) is 5.94. The average molecular weight is 362 g/mol.